The third kappa shape index (κ3) is 5.36. The van der Waals surface area contributed by atoms with Crippen LogP contribution >= 0.6 is 11.3 Å². The van der Waals surface area contributed by atoms with Gasteiger partial charge in [0.25, 0.3) is 0 Å². The SMILES string of the molecule is CCCCN(CC)c1nc(CNC(C)(C)C)cs1. The van der Waals surface area contributed by atoms with Crippen LogP contribution in [0.2, 0.25) is 0 Å². The number of hydrogen-bond donors (Lipinski definition) is 1. The smallest absolute Gasteiger partial charge is 0.185 e. The maximum atomic E-state index is 4.72. The predicted octanol–water partition coefficient (Wildman–Crippen LogP) is 3.66. The van der Waals surface area contributed by atoms with Crippen LogP contribution in [0.15, 0.2) is 5.38 Å². The Labute approximate surface area is 116 Å². The molecule has 4 heteroatoms. The average Bonchev–Trinajstić information content (AvgIpc) is 2.75. The van der Waals surface area contributed by atoms with Crippen LogP contribution in [0.25, 0.3) is 0 Å². The summed E-state index contributed by atoms with van der Waals surface area (Å²) in [4.78, 5) is 7.09. The van der Waals surface area contributed by atoms with Gasteiger partial charge in [0.2, 0.25) is 0 Å². The van der Waals surface area contributed by atoms with Gasteiger partial charge >= 0.3 is 0 Å². The van der Waals surface area contributed by atoms with E-state index >= 15 is 0 Å². The van der Waals surface area contributed by atoms with Crippen molar-refractivity contribution in [3.63, 3.8) is 0 Å². The molecule has 0 aromatic carbocycles. The third-order valence-corrected chi connectivity index (χ3v) is 3.72. The van der Waals surface area contributed by atoms with Crippen LogP contribution in [0.4, 0.5) is 5.13 Å². The molecule has 0 atom stereocenters. The van der Waals surface area contributed by atoms with Gasteiger partial charge in [-0.2, -0.15) is 0 Å². The fourth-order valence-electron chi connectivity index (χ4n) is 1.62. The molecule has 0 amide bonds. The zero-order valence-electron chi connectivity index (χ0n) is 12.4. The zero-order valence-corrected chi connectivity index (χ0v) is 13.2. The molecule has 104 valence electrons. The lowest BCUT2D eigenvalue weighted by Crippen LogP contribution is -2.35. The minimum atomic E-state index is 0.149. The average molecular weight is 269 g/mol. The zero-order chi connectivity index (χ0) is 13.6. The van der Waals surface area contributed by atoms with Crippen molar-refractivity contribution in [2.75, 3.05) is 18.0 Å². The molecule has 1 heterocycles. The van der Waals surface area contributed by atoms with Crippen LogP contribution < -0.4 is 10.2 Å². The predicted molar refractivity (Wildman–Crippen MR) is 81.5 cm³/mol. The van der Waals surface area contributed by atoms with Gasteiger partial charge in [-0.1, -0.05) is 13.3 Å². The molecule has 0 fully saturated rings. The van der Waals surface area contributed by atoms with E-state index in [2.05, 4.69) is 50.2 Å². The lowest BCUT2D eigenvalue weighted by molar-refractivity contribution is 0.422. The molecule has 0 spiro atoms. The molecule has 0 aliphatic heterocycles. The van der Waals surface area contributed by atoms with Crippen LogP contribution in [-0.4, -0.2) is 23.6 Å². The van der Waals surface area contributed by atoms with E-state index in [1.807, 2.05) is 0 Å². The number of rotatable bonds is 7. The molecule has 3 nitrogen and oxygen atoms in total. The van der Waals surface area contributed by atoms with Gasteiger partial charge < -0.3 is 10.2 Å². The molecule has 1 N–H and O–H groups in total. The molecule has 0 aliphatic rings. The van der Waals surface area contributed by atoms with Crippen molar-refractivity contribution in [3.8, 4) is 0 Å². The summed E-state index contributed by atoms with van der Waals surface area (Å²) < 4.78 is 0. The Hall–Kier alpha value is -0.610. The Morgan fingerprint density at radius 1 is 1.33 bits per heavy atom. The van der Waals surface area contributed by atoms with E-state index in [4.69, 9.17) is 4.98 Å². The highest BCUT2D eigenvalue weighted by Gasteiger charge is 2.12. The van der Waals surface area contributed by atoms with E-state index < -0.39 is 0 Å². The number of unbranched alkanes of at least 4 members (excludes halogenated alkanes) is 1. The van der Waals surface area contributed by atoms with Crippen molar-refractivity contribution in [3.05, 3.63) is 11.1 Å². The Kier molecular flexibility index (Phi) is 6.09. The van der Waals surface area contributed by atoms with Crippen LogP contribution in [0.3, 0.4) is 0 Å². The van der Waals surface area contributed by atoms with Crippen LogP contribution in [0.5, 0.6) is 0 Å². The highest BCUT2D eigenvalue weighted by Crippen LogP contribution is 2.21. The van der Waals surface area contributed by atoms with Gasteiger partial charge in [-0.05, 0) is 34.1 Å². The number of nitrogens with one attached hydrogen (secondary N) is 1. The molecule has 0 aliphatic carbocycles. The minimum absolute atomic E-state index is 0.149. The number of anilines is 1. The van der Waals surface area contributed by atoms with Gasteiger partial charge in [0.05, 0.1) is 5.69 Å². The molecule has 0 saturated heterocycles. The van der Waals surface area contributed by atoms with E-state index in [0.717, 1.165) is 30.5 Å². The molecule has 1 rings (SSSR count). The fourth-order valence-corrected chi connectivity index (χ4v) is 2.53. The Balaban J connectivity index is 2.55. The molecule has 0 radical (unpaired) electrons. The van der Waals surface area contributed by atoms with Crippen LogP contribution in [0, 0.1) is 0 Å². The molecule has 18 heavy (non-hydrogen) atoms. The topological polar surface area (TPSA) is 28.2 Å². The summed E-state index contributed by atoms with van der Waals surface area (Å²) in [5.74, 6) is 0. The van der Waals surface area contributed by atoms with E-state index in [0.29, 0.717) is 0 Å². The molecular weight excluding hydrogens is 242 g/mol. The van der Waals surface area contributed by atoms with Crippen molar-refractivity contribution < 1.29 is 0 Å². The molecule has 0 unspecified atom stereocenters. The molecule has 0 bridgehead atoms. The van der Waals surface area contributed by atoms with Gasteiger partial charge in [0.15, 0.2) is 5.13 Å². The first kappa shape index (κ1) is 15.4. The number of thiazole rings is 1. The minimum Gasteiger partial charge on any atom is -0.348 e. The summed E-state index contributed by atoms with van der Waals surface area (Å²) in [7, 11) is 0. The summed E-state index contributed by atoms with van der Waals surface area (Å²) in [6.45, 7) is 14.0. The monoisotopic (exact) mass is 269 g/mol. The molecule has 1 aromatic heterocycles. The summed E-state index contributed by atoms with van der Waals surface area (Å²) in [5, 5.41) is 6.81. The standard InChI is InChI=1S/C14H27N3S/c1-6-8-9-17(7-2)13-16-12(11-18-13)10-15-14(3,4)5/h11,15H,6-10H2,1-5H3. The highest BCUT2D eigenvalue weighted by atomic mass is 32.1. The molecule has 1 aromatic rings. The second-order valence-corrected chi connectivity index (χ2v) is 6.49. The largest absolute Gasteiger partial charge is 0.348 e. The van der Waals surface area contributed by atoms with E-state index in [1.54, 1.807) is 11.3 Å². The Morgan fingerprint density at radius 2 is 2.06 bits per heavy atom. The van der Waals surface area contributed by atoms with E-state index in [-0.39, 0.29) is 5.54 Å². The summed E-state index contributed by atoms with van der Waals surface area (Å²) in [5.41, 5.74) is 1.30. The molecular formula is C14H27N3S. The van der Waals surface area contributed by atoms with Crippen molar-refractivity contribution in [1.82, 2.24) is 10.3 Å². The van der Waals surface area contributed by atoms with Gasteiger partial charge in [-0.15, -0.1) is 11.3 Å². The molecule has 0 saturated carbocycles. The third-order valence-electron chi connectivity index (χ3n) is 2.77. The maximum Gasteiger partial charge on any atom is 0.185 e. The summed E-state index contributed by atoms with van der Waals surface area (Å²) in [6, 6.07) is 0. The van der Waals surface area contributed by atoms with Gasteiger partial charge in [-0.3, -0.25) is 0 Å². The van der Waals surface area contributed by atoms with Crippen molar-refractivity contribution in [1.29, 1.82) is 0 Å². The lowest BCUT2D eigenvalue weighted by atomic mass is 10.1. The van der Waals surface area contributed by atoms with E-state index in [1.165, 1.54) is 12.8 Å². The number of hydrogen-bond acceptors (Lipinski definition) is 4. The quantitative estimate of drug-likeness (QED) is 0.819. The van der Waals surface area contributed by atoms with Crippen molar-refractivity contribution >= 4 is 16.5 Å². The van der Waals surface area contributed by atoms with Gasteiger partial charge in [0.1, 0.15) is 0 Å². The maximum absolute atomic E-state index is 4.72. The first-order valence-electron chi connectivity index (χ1n) is 6.90. The summed E-state index contributed by atoms with van der Waals surface area (Å²) in [6.07, 6.45) is 2.48. The fraction of sp³-hybridized carbons (Fsp3) is 0.786. The first-order valence-corrected chi connectivity index (χ1v) is 7.78. The lowest BCUT2D eigenvalue weighted by Gasteiger charge is -2.20. The number of nitrogens with zero attached hydrogens (tertiary/aromatic N) is 2. The van der Waals surface area contributed by atoms with Gasteiger partial charge in [-0.25, -0.2) is 4.98 Å². The second-order valence-electron chi connectivity index (χ2n) is 5.66. The summed E-state index contributed by atoms with van der Waals surface area (Å²) >= 11 is 1.76. The number of aromatic nitrogens is 1. The Bertz CT molecular complexity index is 341. The van der Waals surface area contributed by atoms with Crippen molar-refractivity contribution in [2.45, 2.75) is 59.5 Å². The Morgan fingerprint density at radius 3 is 2.61 bits per heavy atom. The first-order chi connectivity index (χ1) is 8.46. The second kappa shape index (κ2) is 7.10. The van der Waals surface area contributed by atoms with Crippen LogP contribution in [-0.2, 0) is 6.54 Å². The van der Waals surface area contributed by atoms with E-state index in [9.17, 15) is 0 Å². The van der Waals surface area contributed by atoms with Crippen molar-refractivity contribution in [2.24, 2.45) is 0 Å². The van der Waals surface area contributed by atoms with Crippen LogP contribution in [0.1, 0.15) is 53.2 Å². The normalized spacial score (nSPS) is 11.8. The highest BCUT2D eigenvalue weighted by molar-refractivity contribution is 7.13. The van der Waals surface area contributed by atoms with Gasteiger partial charge in [0, 0.05) is 30.6 Å².